The first kappa shape index (κ1) is 16.1. The molecule has 0 aromatic heterocycles. The molecule has 1 atom stereocenters. The lowest BCUT2D eigenvalue weighted by atomic mass is 10.1. The Morgan fingerprint density at radius 3 is 2.41 bits per heavy atom. The average Bonchev–Trinajstić information content (AvgIpc) is 2.99. The third-order valence-electron chi connectivity index (χ3n) is 4.88. The van der Waals surface area contributed by atoms with Crippen molar-refractivity contribution in [1.29, 1.82) is 0 Å². The second kappa shape index (κ2) is 5.70. The van der Waals surface area contributed by atoms with E-state index in [9.17, 15) is 4.79 Å². The minimum atomic E-state index is -0.872. The predicted molar refractivity (Wildman–Crippen MR) is 90.2 cm³/mol. The van der Waals surface area contributed by atoms with Crippen LogP contribution in [0.1, 0.15) is 24.5 Å². The second-order valence-corrected chi connectivity index (χ2v) is 8.25. The topological polar surface area (TPSA) is 23.6 Å². The summed E-state index contributed by atoms with van der Waals surface area (Å²) < 4.78 is -0.872. The number of alkyl halides is 2. The molecule has 120 valence electrons. The molecule has 0 radical (unpaired) electrons. The van der Waals surface area contributed by atoms with Gasteiger partial charge in [0.05, 0.1) is 5.41 Å². The van der Waals surface area contributed by atoms with Crippen molar-refractivity contribution in [2.75, 3.05) is 26.2 Å². The molecule has 1 aromatic carbocycles. The van der Waals surface area contributed by atoms with Gasteiger partial charge < -0.3 is 4.90 Å². The van der Waals surface area contributed by atoms with Crippen LogP contribution >= 0.6 is 23.2 Å². The molecule has 22 heavy (non-hydrogen) atoms. The molecule has 0 bridgehead atoms. The van der Waals surface area contributed by atoms with Crippen LogP contribution in [-0.2, 0) is 11.3 Å². The van der Waals surface area contributed by atoms with Crippen molar-refractivity contribution in [3.05, 3.63) is 35.4 Å². The summed E-state index contributed by atoms with van der Waals surface area (Å²) in [5.41, 5.74) is 2.03. The third-order valence-corrected chi connectivity index (χ3v) is 5.98. The summed E-state index contributed by atoms with van der Waals surface area (Å²) in [5, 5.41) is 0. The SMILES string of the molecule is Cc1cccc(CN2CCN(C(=O)C3(C)CC3(Cl)Cl)CC2)c1. The average molecular weight is 341 g/mol. The number of halogens is 2. The fraction of sp³-hybridized carbons (Fsp3) is 0.588. The van der Waals surface area contributed by atoms with Gasteiger partial charge in [0, 0.05) is 32.7 Å². The van der Waals surface area contributed by atoms with Gasteiger partial charge in [-0.05, 0) is 25.8 Å². The highest BCUT2D eigenvalue weighted by atomic mass is 35.5. The number of hydrogen-bond acceptors (Lipinski definition) is 2. The molecule has 1 amide bonds. The number of amides is 1. The molecule has 1 saturated carbocycles. The van der Waals surface area contributed by atoms with Gasteiger partial charge in [0.1, 0.15) is 4.33 Å². The van der Waals surface area contributed by atoms with Crippen molar-refractivity contribution in [1.82, 2.24) is 9.80 Å². The molecule has 2 fully saturated rings. The lowest BCUT2D eigenvalue weighted by Gasteiger charge is -2.36. The normalized spacial score (nSPS) is 27.7. The van der Waals surface area contributed by atoms with Crippen molar-refractivity contribution in [2.45, 2.75) is 31.1 Å². The van der Waals surface area contributed by atoms with Gasteiger partial charge in [-0.15, -0.1) is 23.2 Å². The largest absolute Gasteiger partial charge is 0.340 e. The van der Waals surface area contributed by atoms with Crippen molar-refractivity contribution in [3.63, 3.8) is 0 Å². The Morgan fingerprint density at radius 1 is 1.23 bits per heavy atom. The summed E-state index contributed by atoms with van der Waals surface area (Å²) in [7, 11) is 0. The van der Waals surface area contributed by atoms with Crippen molar-refractivity contribution in [2.24, 2.45) is 5.41 Å². The summed E-state index contributed by atoms with van der Waals surface area (Å²) in [6.07, 6.45) is 0.561. The van der Waals surface area contributed by atoms with E-state index in [0.29, 0.717) is 6.42 Å². The third kappa shape index (κ3) is 2.99. The van der Waals surface area contributed by atoms with Crippen LogP contribution in [0.15, 0.2) is 24.3 Å². The Bertz CT molecular complexity index is 582. The van der Waals surface area contributed by atoms with E-state index in [0.717, 1.165) is 32.7 Å². The van der Waals surface area contributed by atoms with E-state index in [1.165, 1.54) is 11.1 Å². The Labute approximate surface area is 142 Å². The minimum Gasteiger partial charge on any atom is -0.340 e. The number of aryl methyl sites for hydroxylation is 1. The van der Waals surface area contributed by atoms with E-state index in [4.69, 9.17) is 23.2 Å². The first-order valence-electron chi connectivity index (χ1n) is 7.77. The monoisotopic (exact) mass is 340 g/mol. The number of carbonyl (C=O) groups excluding carboxylic acids is 1. The summed E-state index contributed by atoms with van der Waals surface area (Å²) in [5.74, 6) is 0.104. The lowest BCUT2D eigenvalue weighted by molar-refractivity contribution is -0.138. The van der Waals surface area contributed by atoms with Gasteiger partial charge in [0.2, 0.25) is 5.91 Å². The fourth-order valence-electron chi connectivity index (χ4n) is 3.16. The number of nitrogens with zero attached hydrogens (tertiary/aromatic N) is 2. The summed E-state index contributed by atoms with van der Waals surface area (Å²) in [6.45, 7) is 8.22. The zero-order valence-corrected chi connectivity index (χ0v) is 14.6. The molecule has 3 nitrogen and oxygen atoms in total. The smallest absolute Gasteiger partial charge is 0.231 e. The van der Waals surface area contributed by atoms with Crippen LogP contribution in [0.5, 0.6) is 0 Å². The predicted octanol–water partition coefficient (Wildman–Crippen LogP) is 3.22. The molecule has 2 aliphatic rings. The van der Waals surface area contributed by atoms with Crippen LogP contribution in [0.3, 0.4) is 0 Å². The standard InChI is InChI=1S/C17H22Cl2N2O/c1-13-4-3-5-14(10-13)11-20-6-8-21(9-7-20)15(22)16(2)12-17(16,18)19/h3-5,10H,6-9,11-12H2,1-2H3. The number of hydrogen-bond donors (Lipinski definition) is 0. The van der Waals surface area contributed by atoms with Gasteiger partial charge in [0.15, 0.2) is 0 Å². The molecule has 1 unspecified atom stereocenters. The van der Waals surface area contributed by atoms with Crippen molar-refractivity contribution in [3.8, 4) is 0 Å². The van der Waals surface area contributed by atoms with E-state index < -0.39 is 9.75 Å². The zero-order chi connectivity index (χ0) is 16.0. The molecular weight excluding hydrogens is 319 g/mol. The summed E-state index contributed by atoms with van der Waals surface area (Å²) in [6, 6.07) is 8.59. The van der Waals surface area contributed by atoms with Gasteiger partial charge in [0.25, 0.3) is 0 Å². The summed E-state index contributed by atoms with van der Waals surface area (Å²) >= 11 is 12.2. The van der Waals surface area contributed by atoms with Crippen molar-refractivity contribution < 1.29 is 4.79 Å². The van der Waals surface area contributed by atoms with Crippen LogP contribution in [0.4, 0.5) is 0 Å². The van der Waals surface area contributed by atoms with Gasteiger partial charge in [-0.25, -0.2) is 0 Å². The quantitative estimate of drug-likeness (QED) is 0.788. The van der Waals surface area contributed by atoms with Crippen molar-refractivity contribution >= 4 is 29.1 Å². The van der Waals surface area contributed by atoms with E-state index in [-0.39, 0.29) is 5.91 Å². The molecule has 1 aliphatic carbocycles. The summed E-state index contributed by atoms with van der Waals surface area (Å²) in [4.78, 5) is 16.9. The van der Waals surface area contributed by atoms with Gasteiger partial charge in [-0.1, -0.05) is 29.8 Å². The first-order valence-corrected chi connectivity index (χ1v) is 8.52. The molecule has 0 N–H and O–H groups in total. The van der Waals surface area contributed by atoms with Crippen LogP contribution < -0.4 is 0 Å². The van der Waals surface area contributed by atoms with E-state index in [1.54, 1.807) is 0 Å². The Morgan fingerprint density at radius 2 is 1.86 bits per heavy atom. The molecule has 1 heterocycles. The minimum absolute atomic E-state index is 0.104. The molecule has 0 spiro atoms. The molecule has 1 saturated heterocycles. The fourth-order valence-corrected chi connectivity index (χ4v) is 3.85. The lowest BCUT2D eigenvalue weighted by Crippen LogP contribution is -2.50. The van der Waals surface area contributed by atoms with E-state index in [2.05, 4.69) is 36.1 Å². The second-order valence-electron chi connectivity index (χ2n) is 6.77. The Balaban J connectivity index is 1.54. The number of rotatable bonds is 3. The zero-order valence-electron chi connectivity index (χ0n) is 13.1. The molecule has 3 rings (SSSR count). The van der Waals surface area contributed by atoms with Gasteiger partial charge in [-0.2, -0.15) is 0 Å². The number of benzene rings is 1. The molecular formula is C17H22Cl2N2O. The molecule has 5 heteroatoms. The van der Waals surface area contributed by atoms with Crippen LogP contribution in [0.25, 0.3) is 0 Å². The number of carbonyl (C=O) groups is 1. The van der Waals surface area contributed by atoms with E-state index in [1.807, 2.05) is 11.8 Å². The van der Waals surface area contributed by atoms with Crippen LogP contribution in [0, 0.1) is 12.3 Å². The highest BCUT2D eigenvalue weighted by molar-refractivity contribution is 6.53. The highest BCUT2D eigenvalue weighted by Crippen LogP contribution is 2.64. The number of piperazine rings is 1. The highest BCUT2D eigenvalue weighted by Gasteiger charge is 2.68. The first-order chi connectivity index (χ1) is 10.3. The van der Waals surface area contributed by atoms with Crippen LogP contribution in [-0.4, -0.2) is 46.2 Å². The van der Waals surface area contributed by atoms with Gasteiger partial charge >= 0.3 is 0 Å². The maximum Gasteiger partial charge on any atom is 0.231 e. The Kier molecular flexibility index (Phi) is 4.17. The maximum absolute atomic E-state index is 12.5. The van der Waals surface area contributed by atoms with Gasteiger partial charge in [-0.3, -0.25) is 9.69 Å². The van der Waals surface area contributed by atoms with E-state index >= 15 is 0 Å². The maximum atomic E-state index is 12.5. The molecule has 1 aliphatic heterocycles. The van der Waals surface area contributed by atoms with Crippen LogP contribution in [0.2, 0.25) is 0 Å². The molecule has 1 aromatic rings. The Hall–Kier alpha value is -0.770.